The summed E-state index contributed by atoms with van der Waals surface area (Å²) < 4.78 is 0. The molecule has 2 bridgehead atoms. The number of aromatic nitrogens is 1. The van der Waals surface area contributed by atoms with E-state index in [0.717, 1.165) is 16.9 Å². The molecule has 0 unspecified atom stereocenters. The molecule has 4 heteroatoms. The van der Waals surface area contributed by atoms with Crippen molar-refractivity contribution in [1.29, 1.82) is 0 Å². The number of fused-ring (bicyclic) bond motifs is 6. The van der Waals surface area contributed by atoms with Crippen LogP contribution in [0.4, 0.5) is 0 Å². The molecule has 0 spiro atoms. The van der Waals surface area contributed by atoms with Gasteiger partial charge in [0.05, 0.1) is 5.03 Å². The maximum Gasteiger partial charge on any atom is 0.305 e. The number of rotatable bonds is 1. The van der Waals surface area contributed by atoms with Crippen molar-refractivity contribution in [1.82, 2.24) is 4.98 Å². The van der Waals surface area contributed by atoms with E-state index in [1.807, 2.05) is 11.8 Å². The summed E-state index contributed by atoms with van der Waals surface area (Å²) in [5.41, 5.74) is 2.97. The van der Waals surface area contributed by atoms with Crippen molar-refractivity contribution in [3.05, 3.63) is 49.9 Å². The Kier molecular flexibility index (Phi) is 3.56. The summed E-state index contributed by atoms with van der Waals surface area (Å²) in [6, 6.07) is 9.26. The van der Waals surface area contributed by atoms with Crippen molar-refractivity contribution in [3.8, 4) is 0 Å². The molecule has 1 aliphatic heterocycles. The van der Waals surface area contributed by atoms with Crippen LogP contribution < -0.4 is 4.87 Å². The molecule has 2 saturated carbocycles. The number of thioether (sulfide) groups is 1. The predicted molar refractivity (Wildman–Crippen MR) is 106 cm³/mol. The Balaban J connectivity index is 1.61. The van der Waals surface area contributed by atoms with Crippen molar-refractivity contribution in [2.24, 2.45) is 17.8 Å². The number of aromatic amines is 1. The van der Waals surface area contributed by atoms with E-state index in [9.17, 15) is 4.79 Å². The van der Waals surface area contributed by atoms with Crippen LogP contribution in [0.3, 0.4) is 0 Å². The van der Waals surface area contributed by atoms with Crippen LogP contribution in [-0.4, -0.2) is 10.2 Å². The highest BCUT2D eigenvalue weighted by Crippen LogP contribution is 2.63. The Hall–Kier alpha value is -1.000. The first-order valence-electron chi connectivity index (χ1n) is 9.42. The predicted octanol–water partition coefficient (Wildman–Crippen LogP) is 5.39. The number of hydrogen-bond donors (Lipinski definition) is 1. The molecule has 2 nitrogen and oxygen atoms in total. The van der Waals surface area contributed by atoms with Gasteiger partial charge >= 0.3 is 4.87 Å². The molecule has 1 aromatic heterocycles. The van der Waals surface area contributed by atoms with E-state index in [0.29, 0.717) is 17.1 Å². The second-order valence-corrected chi connectivity index (χ2v) is 11.3. The Morgan fingerprint density at radius 1 is 1.08 bits per heavy atom. The van der Waals surface area contributed by atoms with Crippen LogP contribution >= 0.6 is 23.1 Å². The summed E-state index contributed by atoms with van der Waals surface area (Å²) in [4.78, 5) is 16.6. The maximum atomic E-state index is 12.1. The lowest BCUT2D eigenvalue weighted by molar-refractivity contribution is 0.307. The fourth-order valence-corrected chi connectivity index (χ4v) is 8.31. The highest BCUT2D eigenvalue weighted by atomic mass is 32.2. The Morgan fingerprint density at radius 3 is 2.52 bits per heavy atom. The van der Waals surface area contributed by atoms with Crippen molar-refractivity contribution < 1.29 is 0 Å². The number of benzene rings is 1. The lowest BCUT2D eigenvalue weighted by Gasteiger charge is -2.40. The van der Waals surface area contributed by atoms with E-state index in [4.69, 9.17) is 0 Å². The molecule has 0 amide bonds. The fraction of sp³-hybridized carbons (Fsp3) is 0.571. The average molecular weight is 372 g/mol. The minimum atomic E-state index is 0.112. The van der Waals surface area contributed by atoms with Gasteiger partial charge in [0.25, 0.3) is 0 Å². The molecule has 3 aliphatic rings. The highest BCUT2D eigenvalue weighted by molar-refractivity contribution is 8.00. The lowest BCUT2D eigenvalue weighted by atomic mass is 9.74. The quantitative estimate of drug-likeness (QED) is 0.729. The monoisotopic (exact) mass is 371 g/mol. The zero-order valence-electron chi connectivity index (χ0n) is 15.0. The first-order valence-corrected chi connectivity index (χ1v) is 11.1. The molecule has 2 heterocycles. The molecule has 0 radical (unpaired) electrons. The Morgan fingerprint density at radius 2 is 1.80 bits per heavy atom. The van der Waals surface area contributed by atoms with Gasteiger partial charge in [-0.25, -0.2) is 0 Å². The van der Waals surface area contributed by atoms with Crippen LogP contribution in [0.15, 0.2) is 34.1 Å². The van der Waals surface area contributed by atoms with E-state index in [1.54, 1.807) is 0 Å². The summed E-state index contributed by atoms with van der Waals surface area (Å²) in [5, 5.41) is 1.86. The van der Waals surface area contributed by atoms with Crippen molar-refractivity contribution in [2.75, 3.05) is 0 Å². The van der Waals surface area contributed by atoms with Crippen LogP contribution in [0.5, 0.6) is 0 Å². The molecule has 2 aromatic rings. The van der Waals surface area contributed by atoms with Crippen molar-refractivity contribution in [2.45, 2.75) is 61.6 Å². The molecule has 1 aromatic carbocycles. The minimum Gasteiger partial charge on any atom is -0.307 e. The normalized spacial score (nSPS) is 33.3. The molecule has 5 atom stereocenters. The molecule has 1 N–H and O–H groups in total. The van der Waals surface area contributed by atoms with E-state index < -0.39 is 0 Å². The third-order valence-corrected chi connectivity index (χ3v) is 9.22. The van der Waals surface area contributed by atoms with Gasteiger partial charge in [0, 0.05) is 16.0 Å². The van der Waals surface area contributed by atoms with Gasteiger partial charge in [-0.2, -0.15) is 0 Å². The summed E-state index contributed by atoms with van der Waals surface area (Å²) in [5.74, 6) is 2.82. The second kappa shape index (κ2) is 5.50. The van der Waals surface area contributed by atoms with Crippen LogP contribution in [0.1, 0.15) is 62.0 Å². The molecule has 5 rings (SSSR count). The van der Waals surface area contributed by atoms with E-state index in [-0.39, 0.29) is 10.3 Å². The topological polar surface area (TPSA) is 32.9 Å². The summed E-state index contributed by atoms with van der Waals surface area (Å²) in [7, 11) is 0. The zero-order chi connectivity index (χ0) is 17.3. The fourth-order valence-electron chi connectivity index (χ4n) is 5.41. The van der Waals surface area contributed by atoms with Gasteiger partial charge in [0.2, 0.25) is 0 Å². The number of H-pyrrole nitrogens is 1. The third kappa shape index (κ3) is 2.48. The Labute approximate surface area is 157 Å². The number of thiazole rings is 1. The molecule has 2 fully saturated rings. The van der Waals surface area contributed by atoms with E-state index >= 15 is 0 Å². The van der Waals surface area contributed by atoms with Crippen LogP contribution in [0.25, 0.3) is 0 Å². The van der Waals surface area contributed by atoms with Gasteiger partial charge in [-0.3, -0.25) is 4.79 Å². The lowest BCUT2D eigenvalue weighted by Crippen LogP contribution is -2.33. The third-order valence-electron chi connectivity index (χ3n) is 6.60. The molecule has 2 aliphatic carbocycles. The largest absolute Gasteiger partial charge is 0.307 e. The smallest absolute Gasteiger partial charge is 0.305 e. The minimum absolute atomic E-state index is 0.112. The first kappa shape index (κ1) is 16.2. The van der Waals surface area contributed by atoms with E-state index in [1.165, 1.54) is 46.6 Å². The SMILES string of the molecule is CC(C)(C)c1ccc([C@@H]2c3sc(=O)[nH]c3S[C@H]3[C@H]4CC[C@@H](C4)[C@@H]23)cc1. The maximum absolute atomic E-state index is 12.1. The van der Waals surface area contributed by atoms with E-state index in [2.05, 4.69) is 50.0 Å². The van der Waals surface area contributed by atoms with Gasteiger partial charge < -0.3 is 4.98 Å². The summed E-state index contributed by atoms with van der Waals surface area (Å²) >= 11 is 3.42. The van der Waals surface area contributed by atoms with Crippen molar-refractivity contribution >= 4 is 23.1 Å². The first-order chi connectivity index (χ1) is 11.9. The second-order valence-electron chi connectivity index (χ2n) is 9.05. The number of hydrogen-bond acceptors (Lipinski definition) is 3. The standard InChI is InChI=1S/C21H25NOS2/c1-21(2,3)14-8-6-11(7-9-14)15-16-12-4-5-13(10-12)17(16)24-19-18(15)25-20(23)22-19/h6-9,12-13,15-17H,4-5,10H2,1-3H3,(H,22,23)/t12-,13-,15-,16-,17-/m0/s1. The van der Waals surface area contributed by atoms with Crippen LogP contribution in [-0.2, 0) is 5.41 Å². The van der Waals surface area contributed by atoms with Gasteiger partial charge in [0.1, 0.15) is 0 Å². The molecule has 25 heavy (non-hydrogen) atoms. The summed E-state index contributed by atoms with van der Waals surface area (Å²) in [6.45, 7) is 6.80. The van der Waals surface area contributed by atoms with Crippen molar-refractivity contribution in [3.63, 3.8) is 0 Å². The van der Waals surface area contributed by atoms with Gasteiger partial charge in [0.15, 0.2) is 0 Å². The Bertz CT molecular complexity index is 857. The van der Waals surface area contributed by atoms with Gasteiger partial charge in [-0.1, -0.05) is 56.4 Å². The van der Waals surface area contributed by atoms with Crippen LogP contribution in [0.2, 0.25) is 0 Å². The number of nitrogens with one attached hydrogen (secondary N) is 1. The molecule has 0 saturated heterocycles. The molecular formula is C21H25NOS2. The zero-order valence-corrected chi connectivity index (χ0v) is 16.7. The van der Waals surface area contributed by atoms with Gasteiger partial charge in [-0.15, -0.1) is 11.8 Å². The molecular weight excluding hydrogens is 346 g/mol. The highest BCUT2D eigenvalue weighted by Gasteiger charge is 2.54. The summed E-state index contributed by atoms with van der Waals surface area (Å²) in [6.07, 6.45) is 4.17. The van der Waals surface area contributed by atoms with Crippen LogP contribution in [0, 0.1) is 17.8 Å². The van der Waals surface area contributed by atoms with Gasteiger partial charge in [-0.05, 0) is 53.6 Å². The average Bonchev–Trinajstić information content (AvgIpc) is 3.25. The molecule has 132 valence electrons.